The quantitative estimate of drug-likeness (QED) is 0.672. The fourth-order valence-electron chi connectivity index (χ4n) is 1.09. The van der Waals surface area contributed by atoms with Crippen molar-refractivity contribution in [1.29, 1.82) is 0 Å². The maximum Gasteiger partial charge on any atom is 0.157 e. The van der Waals surface area contributed by atoms with E-state index in [-0.39, 0.29) is 6.61 Å². The van der Waals surface area contributed by atoms with Crippen LogP contribution in [0.3, 0.4) is 0 Å². The maximum absolute atomic E-state index is 8.58. The summed E-state index contributed by atoms with van der Waals surface area (Å²) in [4.78, 5) is 0. The zero-order chi connectivity index (χ0) is 9.52. The van der Waals surface area contributed by atoms with Gasteiger partial charge in [-0.05, 0) is 19.8 Å². The van der Waals surface area contributed by atoms with Gasteiger partial charge in [0.2, 0.25) is 0 Å². The number of rotatable bonds is 6. The summed E-state index contributed by atoms with van der Waals surface area (Å²) in [5.74, 6) is 0.812. The van der Waals surface area contributed by atoms with Gasteiger partial charge in [0.15, 0.2) is 5.75 Å². The Kier molecular flexibility index (Phi) is 4.32. The number of hydrogen-bond acceptors (Lipinski definition) is 3. The molecule has 1 aromatic rings. The third kappa shape index (κ3) is 3.46. The lowest BCUT2D eigenvalue weighted by Gasteiger charge is -1.99. The number of aromatic nitrogens is 2. The molecule has 4 heteroatoms. The highest BCUT2D eigenvalue weighted by Gasteiger charge is 1.97. The lowest BCUT2D eigenvalue weighted by Crippen LogP contribution is -1.99. The summed E-state index contributed by atoms with van der Waals surface area (Å²) in [6.45, 7) is 3.71. The molecule has 1 rings (SSSR count). The number of hydrogen-bond donors (Lipinski definition) is 1. The van der Waals surface area contributed by atoms with Crippen LogP contribution >= 0.6 is 0 Å². The highest BCUT2D eigenvalue weighted by Crippen LogP contribution is 2.08. The van der Waals surface area contributed by atoms with Crippen molar-refractivity contribution in [2.24, 2.45) is 0 Å². The molecule has 1 heterocycles. The monoisotopic (exact) mass is 184 g/mol. The lowest BCUT2D eigenvalue weighted by atomic mass is 10.3. The second kappa shape index (κ2) is 5.59. The number of aryl methyl sites for hydroxylation is 1. The molecule has 0 fully saturated rings. The fraction of sp³-hybridized carbons (Fsp3) is 0.667. The summed E-state index contributed by atoms with van der Waals surface area (Å²) >= 11 is 0. The summed E-state index contributed by atoms with van der Waals surface area (Å²) in [6.07, 6.45) is 5.36. The minimum Gasteiger partial charge on any atom is -0.491 e. The van der Waals surface area contributed by atoms with Gasteiger partial charge >= 0.3 is 0 Å². The Hall–Kier alpha value is -1.03. The average molecular weight is 184 g/mol. The van der Waals surface area contributed by atoms with Gasteiger partial charge in [0.25, 0.3) is 0 Å². The van der Waals surface area contributed by atoms with E-state index in [1.807, 2.05) is 17.8 Å². The van der Waals surface area contributed by atoms with Crippen LogP contribution in [0.15, 0.2) is 12.4 Å². The van der Waals surface area contributed by atoms with Gasteiger partial charge in [-0.25, -0.2) is 0 Å². The largest absolute Gasteiger partial charge is 0.491 e. The minimum atomic E-state index is 0.250. The van der Waals surface area contributed by atoms with Crippen molar-refractivity contribution in [3.05, 3.63) is 12.4 Å². The molecule has 0 radical (unpaired) electrons. The van der Waals surface area contributed by atoms with Crippen LogP contribution in [-0.2, 0) is 6.54 Å². The molecule has 74 valence electrons. The second-order valence-electron chi connectivity index (χ2n) is 2.80. The molecular formula is C9H16N2O2. The Labute approximate surface area is 78.1 Å². The number of ether oxygens (including phenoxy) is 1. The minimum absolute atomic E-state index is 0.250. The summed E-state index contributed by atoms with van der Waals surface area (Å²) < 4.78 is 7.09. The predicted molar refractivity (Wildman–Crippen MR) is 49.7 cm³/mol. The van der Waals surface area contributed by atoms with Crippen molar-refractivity contribution >= 4 is 0 Å². The van der Waals surface area contributed by atoms with E-state index in [2.05, 4.69) is 5.10 Å². The summed E-state index contributed by atoms with van der Waals surface area (Å²) in [7, 11) is 0. The van der Waals surface area contributed by atoms with Crippen LogP contribution in [0.2, 0.25) is 0 Å². The van der Waals surface area contributed by atoms with Crippen LogP contribution in [0.4, 0.5) is 0 Å². The third-order valence-corrected chi connectivity index (χ3v) is 1.72. The van der Waals surface area contributed by atoms with E-state index in [9.17, 15) is 0 Å². The van der Waals surface area contributed by atoms with Crippen LogP contribution in [0.5, 0.6) is 5.75 Å². The molecule has 0 saturated heterocycles. The molecule has 4 nitrogen and oxygen atoms in total. The highest BCUT2D eigenvalue weighted by molar-refractivity contribution is 5.11. The number of unbranched alkanes of at least 4 members (excludes halogenated alkanes) is 1. The van der Waals surface area contributed by atoms with Crippen LogP contribution in [0.25, 0.3) is 0 Å². The molecule has 0 aliphatic carbocycles. The standard InChI is InChI=1S/C9H16N2O2/c1-2-13-9-7-10-11(8-9)5-3-4-6-12/h7-8,12H,2-6H2,1H3. The molecule has 0 aliphatic rings. The summed E-state index contributed by atoms with van der Waals surface area (Å²) in [6, 6.07) is 0. The third-order valence-electron chi connectivity index (χ3n) is 1.72. The van der Waals surface area contributed by atoms with Crippen LogP contribution in [0, 0.1) is 0 Å². The van der Waals surface area contributed by atoms with Gasteiger partial charge in [-0.15, -0.1) is 0 Å². The maximum atomic E-state index is 8.58. The van der Waals surface area contributed by atoms with Crippen molar-refractivity contribution in [3.8, 4) is 5.75 Å². The highest BCUT2D eigenvalue weighted by atomic mass is 16.5. The van der Waals surface area contributed by atoms with Crippen molar-refractivity contribution in [2.45, 2.75) is 26.3 Å². The molecule has 1 N–H and O–H groups in total. The smallest absolute Gasteiger partial charge is 0.157 e. The van der Waals surface area contributed by atoms with E-state index in [0.29, 0.717) is 6.61 Å². The van der Waals surface area contributed by atoms with Crippen molar-refractivity contribution in [1.82, 2.24) is 9.78 Å². The van der Waals surface area contributed by atoms with E-state index < -0.39 is 0 Å². The Balaban J connectivity index is 2.31. The summed E-state index contributed by atoms with van der Waals surface area (Å²) in [5.41, 5.74) is 0. The van der Waals surface area contributed by atoms with Crippen molar-refractivity contribution < 1.29 is 9.84 Å². The van der Waals surface area contributed by atoms with Crippen LogP contribution in [0.1, 0.15) is 19.8 Å². The van der Waals surface area contributed by atoms with Gasteiger partial charge in [-0.2, -0.15) is 5.10 Å². The van der Waals surface area contributed by atoms with E-state index in [1.165, 1.54) is 0 Å². The first-order valence-electron chi connectivity index (χ1n) is 4.63. The first-order valence-corrected chi connectivity index (χ1v) is 4.63. The Morgan fingerprint density at radius 3 is 3.08 bits per heavy atom. The van der Waals surface area contributed by atoms with Crippen molar-refractivity contribution in [2.75, 3.05) is 13.2 Å². The van der Waals surface area contributed by atoms with E-state index >= 15 is 0 Å². The molecular weight excluding hydrogens is 168 g/mol. The van der Waals surface area contributed by atoms with E-state index in [1.54, 1.807) is 6.20 Å². The Bertz CT molecular complexity index is 235. The first kappa shape index (κ1) is 10.1. The van der Waals surface area contributed by atoms with Gasteiger partial charge in [-0.3, -0.25) is 4.68 Å². The van der Waals surface area contributed by atoms with Crippen LogP contribution < -0.4 is 4.74 Å². The molecule has 0 spiro atoms. The number of aliphatic hydroxyl groups excluding tert-OH is 1. The van der Waals surface area contributed by atoms with Gasteiger partial charge in [0.05, 0.1) is 19.0 Å². The zero-order valence-corrected chi connectivity index (χ0v) is 7.94. The number of nitrogens with zero attached hydrogens (tertiary/aromatic N) is 2. The molecule has 0 aliphatic heterocycles. The molecule has 0 aromatic carbocycles. The molecule has 13 heavy (non-hydrogen) atoms. The summed E-state index contributed by atoms with van der Waals surface area (Å²) in [5, 5.41) is 12.7. The molecule has 0 amide bonds. The Morgan fingerprint density at radius 1 is 1.54 bits per heavy atom. The lowest BCUT2D eigenvalue weighted by molar-refractivity contribution is 0.280. The van der Waals surface area contributed by atoms with Gasteiger partial charge < -0.3 is 9.84 Å². The molecule has 1 aromatic heterocycles. The molecule has 0 unspecified atom stereocenters. The van der Waals surface area contributed by atoms with Crippen LogP contribution in [-0.4, -0.2) is 28.1 Å². The fourth-order valence-corrected chi connectivity index (χ4v) is 1.09. The van der Waals surface area contributed by atoms with Gasteiger partial charge in [0.1, 0.15) is 0 Å². The molecule has 0 atom stereocenters. The zero-order valence-electron chi connectivity index (χ0n) is 7.94. The molecule has 0 saturated carbocycles. The van der Waals surface area contributed by atoms with E-state index in [0.717, 1.165) is 25.1 Å². The van der Waals surface area contributed by atoms with Crippen molar-refractivity contribution in [3.63, 3.8) is 0 Å². The van der Waals surface area contributed by atoms with Gasteiger partial charge in [-0.1, -0.05) is 0 Å². The SMILES string of the molecule is CCOc1cnn(CCCCO)c1. The topological polar surface area (TPSA) is 47.3 Å². The Morgan fingerprint density at radius 2 is 2.38 bits per heavy atom. The molecule has 0 bridgehead atoms. The number of aliphatic hydroxyl groups is 1. The average Bonchev–Trinajstić information content (AvgIpc) is 2.54. The van der Waals surface area contributed by atoms with Gasteiger partial charge in [0, 0.05) is 13.2 Å². The second-order valence-corrected chi connectivity index (χ2v) is 2.80. The first-order chi connectivity index (χ1) is 6.36. The predicted octanol–water partition coefficient (Wildman–Crippen LogP) is 1.05. The van der Waals surface area contributed by atoms with E-state index in [4.69, 9.17) is 9.84 Å². The normalized spacial score (nSPS) is 10.3.